The second-order valence-corrected chi connectivity index (χ2v) is 6.69. The lowest BCUT2D eigenvalue weighted by Gasteiger charge is -2.32. The number of nitrogens with one attached hydrogen (secondary N) is 1. The molecule has 0 bridgehead atoms. The first-order valence-corrected chi connectivity index (χ1v) is 8.87. The SMILES string of the molecule is CC(C)Oc1ccccc1Nc1ccc(C(=O)N2CCN(C)CC2)nn1. The molecule has 26 heavy (non-hydrogen) atoms. The third kappa shape index (κ3) is 4.49. The molecule has 2 heterocycles. The van der Waals surface area contributed by atoms with E-state index in [1.54, 1.807) is 12.1 Å². The number of hydrogen-bond donors (Lipinski definition) is 1. The van der Waals surface area contributed by atoms with Gasteiger partial charge < -0.3 is 19.9 Å². The van der Waals surface area contributed by atoms with Crippen molar-refractivity contribution in [2.75, 3.05) is 38.5 Å². The Balaban J connectivity index is 1.68. The minimum absolute atomic E-state index is 0.0688. The highest BCUT2D eigenvalue weighted by molar-refractivity contribution is 5.92. The number of amides is 1. The average Bonchev–Trinajstić information content (AvgIpc) is 2.64. The molecule has 0 atom stereocenters. The van der Waals surface area contributed by atoms with Crippen LogP contribution in [0.3, 0.4) is 0 Å². The van der Waals surface area contributed by atoms with Crippen molar-refractivity contribution in [1.82, 2.24) is 20.0 Å². The van der Waals surface area contributed by atoms with Crippen LogP contribution in [0.4, 0.5) is 11.5 Å². The fraction of sp³-hybridized carbons (Fsp3) is 0.421. The number of benzene rings is 1. The van der Waals surface area contributed by atoms with Crippen LogP contribution in [0.2, 0.25) is 0 Å². The first-order chi connectivity index (χ1) is 12.5. The highest BCUT2D eigenvalue weighted by Crippen LogP contribution is 2.27. The number of para-hydroxylation sites is 2. The molecule has 1 N–H and O–H groups in total. The van der Waals surface area contributed by atoms with E-state index in [0.717, 1.165) is 37.6 Å². The van der Waals surface area contributed by atoms with Gasteiger partial charge in [-0.1, -0.05) is 12.1 Å². The third-order valence-corrected chi connectivity index (χ3v) is 4.19. The van der Waals surface area contributed by atoms with Crippen molar-refractivity contribution >= 4 is 17.4 Å². The van der Waals surface area contributed by atoms with Crippen molar-refractivity contribution in [3.8, 4) is 5.75 Å². The molecule has 0 spiro atoms. The molecule has 1 aliphatic rings. The van der Waals surface area contributed by atoms with Gasteiger partial charge in [-0.25, -0.2) is 0 Å². The van der Waals surface area contributed by atoms with Gasteiger partial charge in [0.05, 0.1) is 11.8 Å². The number of anilines is 2. The predicted octanol–water partition coefficient (Wildman–Crippen LogP) is 2.40. The molecule has 1 aromatic carbocycles. The lowest BCUT2D eigenvalue weighted by atomic mass is 10.2. The summed E-state index contributed by atoms with van der Waals surface area (Å²) in [6.45, 7) is 7.16. The van der Waals surface area contributed by atoms with Crippen molar-refractivity contribution in [2.24, 2.45) is 0 Å². The van der Waals surface area contributed by atoms with Crippen molar-refractivity contribution in [2.45, 2.75) is 20.0 Å². The van der Waals surface area contributed by atoms with Crippen LogP contribution in [0.15, 0.2) is 36.4 Å². The lowest BCUT2D eigenvalue weighted by Crippen LogP contribution is -2.47. The summed E-state index contributed by atoms with van der Waals surface area (Å²) in [4.78, 5) is 16.5. The molecule has 1 aromatic heterocycles. The minimum Gasteiger partial charge on any atom is -0.489 e. The van der Waals surface area contributed by atoms with Crippen molar-refractivity contribution in [3.63, 3.8) is 0 Å². The van der Waals surface area contributed by atoms with Crippen LogP contribution in [0.1, 0.15) is 24.3 Å². The van der Waals surface area contributed by atoms with Crippen LogP contribution >= 0.6 is 0 Å². The van der Waals surface area contributed by atoms with Crippen LogP contribution in [-0.2, 0) is 0 Å². The second kappa shape index (κ2) is 8.14. The van der Waals surface area contributed by atoms with Crippen LogP contribution in [0, 0.1) is 0 Å². The zero-order valence-electron chi connectivity index (χ0n) is 15.5. The van der Waals surface area contributed by atoms with Crippen LogP contribution < -0.4 is 10.1 Å². The molecule has 0 radical (unpaired) electrons. The number of rotatable bonds is 5. The average molecular weight is 355 g/mol. The minimum atomic E-state index is -0.0688. The van der Waals surface area contributed by atoms with Crippen molar-refractivity contribution in [1.29, 1.82) is 0 Å². The van der Waals surface area contributed by atoms with E-state index < -0.39 is 0 Å². The van der Waals surface area contributed by atoms with E-state index in [1.165, 1.54) is 0 Å². The summed E-state index contributed by atoms with van der Waals surface area (Å²) in [5.74, 6) is 1.25. The molecule has 0 aliphatic carbocycles. The highest BCUT2D eigenvalue weighted by atomic mass is 16.5. The fourth-order valence-corrected chi connectivity index (χ4v) is 2.75. The van der Waals surface area contributed by atoms with E-state index in [4.69, 9.17) is 4.74 Å². The quantitative estimate of drug-likeness (QED) is 0.888. The number of nitrogens with zero attached hydrogens (tertiary/aromatic N) is 4. The van der Waals surface area contributed by atoms with Gasteiger partial charge in [-0.2, -0.15) is 0 Å². The van der Waals surface area contributed by atoms with E-state index in [0.29, 0.717) is 11.5 Å². The van der Waals surface area contributed by atoms with Crippen LogP contribution in [0.5, 0.6) is 5.75 Å². The van der Waals surface area contributed by atoms with Crippen molar-refractivity contribution < 1.29 is 9.53 Å². The largest absolute Gasteiger partial charge is 0.489 e. The standard InChI is InChI=1S/C19H25N5O2/c1-14(2)26-17-7-5-4-6-15(17)20-18-9-8-16(21-22-18)19(25)24-12-10-23(3)11-13-24/h4-9,14H,10-13H2,1-3H3,(H,20,22). The summed E-state index contributed by atoms with van der Waals surface area (Å²) in [5, 5.41) is 11.5. The van der Waals surface area contributed by atoms with Gasteiger partial charge in [0, 0.05) is 26.2 Å². The maximum absolute atomic E-state index is 12.5. The summed E-state index contributed by atoms with van der Waals surface area (Å²) in [6, 6.07) is 11.1. The predicted molar refractivity (Wildman–Crippen MR) is 101 cm³/mol. The van der Waals surface area contributed by atoms with Gasteiger partial charge in [0.1, 0.15) is 5.75 Å². The molecule has 2 aromatic rings. The zero-order chi connectivity index (χ0) is 18.5. The Morgan fingerprint density at radius 1 is 1.08 bits per heavy atom. The van der Waals surface area contributed by atoms with E-state index in [2.05, 4.69) is 27.5 Å². The summed E-state index contributed by atoms with van der Waals surface area (Å²) < 4.78 is 5.79. The number of carbonyl (C=O) groups is 1. The molecule has 0 saturated carbocycles. The van der Waals surface area contributed by atoms with Crippen LogP contribution in [-0.4, -0.2) is 65.2 Å². The number of piperazine rings is 1. The summed E-state index contributed by atoms with van der Waals surface area (Å²) in [7, 11) is 2.06. The Kier molecular flexibility index (Phi) is 5.68. The topological polar surface area (TPSA) is 70.6 Å². The van der Waals surface area contributed by atoms with E-state index in [-0.39, 0.29) is 12.0 Å². The molecule has 0 unspecified atom stereocenters. The van der Waals surface area contributed by atoms with Gasteiger partial charge in [-0.15, -0.1) is 10.2 Å². The maximum Gasteiger partial charge on any atom is 0.274 e. The number of likely N-dealkylation sites (N-methyl/N-ethyl adjacent to an activating group) is 1. The Labute approximate surface area is 154 Å². The van der Waals surface area contributed by atoms with Gasteiger partial charge >= 0.3 is 0 Å². The molecule has 3 rings (SSSR count). The molecule has 138 valence electrons. The fourth-order valence-electron chi connectivity index (χ4n) is 2.75. The van der Waals surface area contributed by atoms with Crippen LogP contribution in [0.25, 0.3) is 0 Å². The third-order valence-electron chi connectivity index (χ3n) is 4.19. The molecule has 1 aliphatic heterocycles. The monoisotopic (exact) mass is 355 g/mol. The number of carbonyl (C=O) groups excluding carboxylic acids is 1. The maximum atomic E-state index is 12.5. The molecule has 7 heteroatoms. The molecular weight excluding hydrogens is 330 g/mol. The molecule has 7 nitrogen and oxygen atoms in total. The Hall–Kier alpha value is -2.67. The summed E-state index contributed by atoms with van der Waals surface area (Å²) in [5.41, 5.74) is 1.18. The second-order valence-electron chi connectivity index (χ2n) is 6.69. The van der Waals surface area contributed by atoms with Crippen molar-refractivity contribution in [3.05, 3.63) is 42.1 Å². The first-order valence-electron chi connectivity index (χ1n) is 8.87. The Morgan fingerprint density at radius 3 is 2.46 bits per heavy atom. The van der Waals surface area contributed by atoms with E-state index >= 15 is 0 Å². The number of ether oxygens (including phenoxy) is 1. The van der Waals surface area contributed by atoms with Gasteiger partial charge in [-0.3, -0.25) is 4.79 Å². The Morgan fingerprint density at radius 2 is 1.81 bits per heavy atom. The molecule has 1 saturated heterocycles. The number of aromatic nitrogens is 2. The normalized spacial score (nSPS) is 15.2. The van der Waals surface area contributed by atoms with Gasteiger partial charge in [0.15, 0.2) is 11.5 Å². The van der Waals surface area contributed by atoms with Gasteiger partial charge in [-0.05, 0) is 45.2 Å². The van der Waals surface area contributed by atoms with Gasteiger partial charge in [0.2, 0.25) is 0 Å². The van der Waals surface area contributed by atoms with E-state index in [9.17, 15) is 4.79 Å². The molecule has 1 fully saturated rings. The highest BCUT2D eigenvalue weighted by Gasteiger charge is 2.21. The van der Waals surface area contributed by atoms with E-state index in [1.807, 2.05) is 43.0 Å². The lowest BCUT2D eigenvalue weighted by molar-refractivity contribution is 0.0657. The molecule has 1 amide bonds. The first kappa shape index (κ1) is 18.1. The molecular formula is C19H25N5O2. The summed E-state index contributed by atoms with van der Waals surface area (Å²) >= 11 is 0. The number of hydrogen-bond acceptors (Lipinski definition) is 6. The zero-order valence-corrected chi connectivity index (χ0v) is 15.5. The smallest absolute Gasteiger partial charge is 0.274 e. The summed E-state index contributed by atoms with van der Waals surface area (Å²) in [6.07, 6.45) is 0.0765. The Bertz CT molecular complexity index is 740. The van der Waals surface area contributed by atoms with Gasteiger partial charge in [0.25, 0.3) is 5.91 Å².